The highest BCUT2D eigenvalue weighted by atomic mass is 16.7. The molecule has 5 nitrogen and oxygen atoms in total. The number of benzene rings is 4. The third-order valence-corrected chi connectivity index (χ3v) is 7.93. The van der Waals surface area contributed by atoms with Crippen LogP contribution in [0.4, 0.5) is 0 Å². The van der Waals surface area contributed by atoms with Crippen molar-refractivity contribution in [3.05, 3.63) is 144 Å². The van der Waals surface area contributed by atoms with E-state index in [4.69, 9.17) is 23.7 Å². The molecule has 40 heavy (non-hydrogen) atoms. The summed E-state index contributed by atoms with van der Waals surface area (Å²) >= 11 is 0. The molecule has 0 radical (unpaired) electrons. The third-order valence-electron chi connectivity index (χ3n) is 7.93. The monoisotopic (exact) mass is 536 g/mol. The van der Waals surface area contributed by atoms with Crippen molar-refractivity contribution in [2.75, 3.05) is 13.2 Å². The molecule has 5 atom stereocenters. The lowest BCUT2D eigenvalue weighted by molar-refractivity contribution is -0.370. The highest BCUT2D eigenvalue weighted by molar-refractivity contribution is 5.18. The van der Waals surface area contributed by atoms with Crippen molar-refractivity contribution in [1.82, 2.24) is 0 Å². The van der Waals surface area contributed by atoms with E-state index in [-0.39, 0.29) is 24.0 Å². The predicted molar refractivity (Wildman–Crippen MR) is 153 cm³/mol. The van der Waals surface area contributed by atoms with Crippen LogP contribution in [-0.2, 0) is 50.1 Å². The summed E-state index contributed by atoms with van der Waals surface area (Å²) in [6.07, 6.45) is -0.457. The Kier molecular flexibility index (Phi) is 8.67. The zero-order chi connectivity index (χ0) is 27.0. The standard InChI is InChI=1S/C35H36O5/c1-5-13-27(14-6-1)21-36-25-31-33(37-22-28-15-7-2-8-16-28)34(38-23-29-17-9-3-10-18-29)32-26-40-35(31,32)39-24-30-19-11-4-12-20-30/h1-20,31-34H,21-26H2. The van der Waals surface area contributed by atoms with Gasteiger partial charge in [-0.1, -0.05) is 121 Å². The van der Waals surface area contributed by atoms with Crippen LogP contribution in [0.2, 0.25) is 0 Å². The van der Waals surface area contributed by atoms with Crippen molar-refractivity contribution < 1.29 is 23.7 Å². The summed E-state index contributed by atoms with van der Waals surface area (Å²) in [5, 5.41) is 0. The van der Waals surface area contributed by atoms with Crippen LogP contribution in [0.1, 0.15) is 22.3 Å². The Labute approximate surface area is 236 Å². The second-order valence-corrected chi connectivity index (χ2v) is 10.5. The van der Waals surface area contributed by atoms with Crippen molar-refractivity contribution in [2.24, 2.45) is 11.8 Å². The summed E-state index contributed by atoms with van der Waals surface area (Å²) in [5.41, 5.74) is 4.48. The first kappa shape index (κ1) is 26.9. The Morgan fingerprint density at radius 3 is 1.48 bits per heavy atom. The number of hydrogen-bond acceptors (Lipinski definition) is 5. The molecule has 1 heterocycles. The molecule has 1 saturated heterocycles. The van der Waals surface area contributed by atoms with Crippen molar-refractivity contribution in [3.8, 4) is 0 Å². The van der Waals surface area contributed by atoms with Gasteiger partial charge in [-0.15, -0.1) is 0 Å². The molecular formula is C35H36O5. The van der Waals surface area contributed by atoms with E-state index in [9.17, 15) is 0 Å². The molecule has 4 aromatic carbocycles. The summed E-state index contributed by atoms with van der Waals surface area (Å²) in [7, 11) is 0. The SMILES string of the molecule is c1ccc(COCC2C(OCc3ccccc3)C(OCc3ccccc3)C3COC23OCc2ccccc2)cc1. The van der Waals surface area contributed by atoms with Crippen LogP contribution >= 0.6 is 0 Å². The molecule has 0 N–H and O–H groups in total. The minimum Gasteiger partial charge on any atom is -0.376 e. The van der Waals surface area contributed by atoms with Gasteiger partial charge in [0.05, 0.1) is 63.7 Å². The van der Waals surface area contributed by atoms with Crippen molar-refractivity contribution in [3.63, 3.8) is 0 Å². The van der Waals surface area contributed by atoms with Crippen LogP contribution in [0.5, 0.6) is 0 Å². The minimum atomic E-state index is -0.838. The molecule has 4 aromatic rings. The lowest BCUT2D eigenvalue weighted by Crippen LogP contribution is -2.59. The summed E-state index contributed by atoms with van der Waals surface area (Å²) in [5.74, 6) is -0.968. The molecule has 206 valence electrons. The Bertz CT molecular complexity index is 1300. The normalized spacial score (nSPS) is 25.3. The molecule has 1 aliphatic heterocycles. The van der Waals surface area contributed by atoms with E-state index >= 15 is 0 Å². The maximum atomic E-state index is 6.70. The smallest absolute Gasteiger partial charge is 0.183 e. The van der Waals surface area contributed by atoms with Gasteiger partial charge in [0.2, 0.25) is 0 Å². The van der Waals surface area contributed by atoms with E-state index in [1.807, 2.05) is 72.8 Å². The lowest BCUT2D eigenvalue weighted by atomic mass is 9.90. The maximum Gasteiger partial charge on any atom is 0.183 e. The first-order chi connectivity index (χ1) is 19.8. The minimum absolute atomic E-state index is 0.0334. The summed E-state index contributed by atoms with van der Waals surface area (Å²) < 4.78 is 32.8. The van der Waals surface area contributed by atoms with Gasteiger partial charge in [-0.25, -0.2) is 0 Å². The molecule has 6 rings (SSSR count). The molecule has 0 amide bonds. The summed E-state index contributed by atoms with van der Waals surface area (Å²) in [6.45, 7) is 2.94. The van der Waals surface area contributed by atoms with Gasteiger partial charge in [0.1, 0.15) is 0 Å². The Morgan fingerprint density at radius 2 is 1.00 bits per heavy atom. The zero-order valence-corrected chi connectivity index (χ0v) is 22.6. The van der Waals surface area contributed by atoms with Crippen LogP contribution in [0, 0.1) is 11.8 Å². The molecule has 2 fully saturated rings. The van der Waals surface area contributed by atoms with Crippen LogP contribution in [0.15, 0.2) is 121 Å². The molecular weight excluding hydrogens is 500 g/mol. The second kappa shape index (κ2) is 12.9. The molecule has 5 heteroatoms. The van der Waals surface area contributed by atoms with E-state index in [1.165, 1.54) is 0 Å². The van der Waals surface area contributed by atoms with Crippen LogP contribution in [-0.4, -0.2) is 31.2 Å². The first-order valence-electron chi connectivity index (χ1n) is 14.1. The van der Waals surface area contributed by atoms with E-state index in [0.717, 1.165) is 22.3 Å². The molecule has 2 aliphatic rings. The molecule has 0 aromatic heterocycles. The maximum absolute atomic E-state index is 6.70. The van der Waals surface area contributed by atoms with Gasteiger partial charge in [-0.05, 0) is 22.3 Å². The second-order valence-electron chi connectivity index (χ2n) is 10.5. The molecule has 1 aliphatic carbocycles. The highest BCUT2D eigenvalue weighted by Crippen LogP contribution is 2.54. The van der Waals surface area contributed by atoms with Gasteiger partial charge in [-0.3, -0.25) is 0 Å². The van der Waals surface area contributed by atoms with E-state index < -0.39 is 5.79 Å². The third kappa shape index (κ3) is 6.04. The van der Waals surface area contributed by atoms with Gasteiger partial charge in [0, 0.05) is 0 Å². The van der Waals surface area contributed by atoms with Gasteiger partial charge in [-0.2, -0.15) is 0 Å². The molecule has 0 bridgehead atoms. The van der Waals surface area contributed by atoms with Crippen molar-refractivity contribution in [1.29, 1.82) is 0 Å². The average molecular weight is 537 g/mol. The highest BCUT2D eigenvalue weighted by Gasteiger charge is 2.69. The zero-order valence-electron chi connectivity index (χ0n) is 22.6. The fourth-order valence-corrected chi connectivity index (χ4v) is 5.81. The molecule has 0 spiro atoms. The fraction of sp³-hybridized carbons (Fsp3) is 0.314. The van der Waals surface area contributed by atoms with Gasteiger partial charge in [0.25, 0.3) is 0 Å². The number of fused-ring (bicyclic) bond motifs is 1. The largest absolute Gasteiger partial charge is 0.376 e. The summed E-state index contributed by atoms with van der Waals surface area (Å²) in [6, 6.07) is 41.0. The number of hydrogen-bond donors (Lipinski definition) is 0. The van der Waals surface area contributed by atoms with Crippen LogP contribution in [0.25, 0.3) is 0 Å². The Morgan fingerprint density at radius 1 is 0.550 bits per heavy atom. The van der Waals surface area contributed by atoms with Gasteiger partial charge >= 0.3 is 0 Å². The van der Waals surface area contributed by atoms with E-state index in [1.54, 1.807) is 0 Å². The van der Waals surface area contributed by atoms with Crippen molar-refractivity contribution >= 4 is 0 Å². The Hall–Kier alpha value is -3.32. The molecule has 1 saturated carbocycles. The quantitative estimate of drug-likeness (QED) is 0.194. The van der Waals surface area contributed by atoms with Crippen LogP contribution in [0.3, 0.4) is 0 Å². The van der Waals surface area contributed by atoms with Crippen LogP contribution < -0.4 is 0 Å². The first-order valence-corrected chi connectivity index (χ1v) is 14.1. The average Bonchev–Trinajstić information content (AvgIpc) is 3.17. The van der Waals surface area contributed by atoms with Gasteiger partial charge in [0.15, 0.2) is 5.79 Å². The fourth-order valence-electron chi connectivity index (χ4n) is 5.81. The summed E-state index contributed by atoms with van der Waals surface area (Å²) in [4.78, 5) is 0. The van der Waals surface area contributed by atoms with Crippen molar-refractivity contribution in [2.45, 2.75) is 44.4 Å². The predicted octanol–water partition coefficient (Wildman–Crippen LogP) is 6.56. The van der Waals surface area contributed by atoms with E-state index in [0.29, 0.717) is 39.6 Å². The topological polar surface area (TPSA) is 46.2 Å². The number of ether oxygens (including phenoxy) is 5. The van der Waals surface area contributed by atoms with E-state index in [2.05, 4.69) is 48.5 Å². The Balaban J connectivity index is 1.26. The lowest BCUT2D eigenvalue weighted by Gasteiger charge is -2.48. The number of rotatable bonds is 13. The van der Waals surface area contributed by atoms with Gasteiger partial charge < -0.3 is 23.7 Å². The molecule has 5 unspecified atom stereocenters.